The van der Waals surface area contributed by atoms with Crippen molar-refractivity contribution in [1.29, 1.82) is 0 Å². The molecule has 1 aromatic rings. The van der Waals surface area contributed by atoms with Crippen molar-refractivity contribution in [3.63, 3.8) is 0 Å². The summed E-state index contributed by atoms with van der Waals surface area (Å²) < 4.78 is 0.874. The second-order valence-corrected chi connectivity index (χ2v) is 4.82. The number of nitrogens with one attached hydrogen (secondary N) is 1. The van der Waals surface area contributed by atoms with Crippen LogP contribution >= 0.6 is 27.3 Å². The number of aromatic nitrogens is 1. The highest BCUT2D eigenvalue weighted by Gasteiger charge is 2.23. The number of carbonyl (C=O) groups is 1. The Balaban J connectivity index is 2.15. The maximum atomic E-state index is 10.9. The third-order valence-electron chi connectivity index (χ3n) is 1.85. The zero-order valence-electron chi connectivity index (χ0n) is 6.21. The summed E-state index contributed by atoms with van der Waals surface area (Å²) in [7, 11) is 0. The lowest BCUT2D eigenvalue weighted by atomic mass is 10.2. The van der Waals surface area contributed by atoms with Crippen LogP contribution in [-0.4, -0.2) is 10.9 Å². The fraction of sp³-hybridized carbons (Fsp3) is 0.429. The zero-order valence-corrected chi connectivity index (χ0v) is 8.61. The molecular formula is C7H7BrN2OS. The summed E-state index contributed by atoms with van der Waals surface area (Å²) in [5, 5.41) is 4.84. The van der Waals surface area contributed by atoms with E-state index in [4.69, 9.17) is 0 Å². The van der Waals surface area contributed by atoms with Crippen LogP contribution in [0.2, 0.25) is 0 Å². The first kappa shape index (κ1) is 8.19. The Hall–Kier alpha value is -0.420. The standard InChI is InChI=1S/C7H7BrN2OS/c8-7-10-5(3-12-7)4-1-2-6(11)9-4/h3-4H,1-2H2,(H,9,11). The Bertz CT molecular complexity index is 312. The van der Waals surface area contributed by atoms with Gasteiger partial charge in [-0.3, -0.25) is 4.79 Å². The van der Waals surface area contributed by atoms with Crippen molar-refractivity contribution in [1.82, 2.24) is 10.3 Å². The summed E-state index contributed by atoms with van der Waals surface area (Å²) in [5.74, 6) is 0.129. The number of amides is 1. The molecule has 0 aliphatic carbocycles. The highest BCUT2D eigenvalue weighted by atomic mass is 79.9. The maximum Gasteiger partial charge on any atom is 0.220 e. The fourth-order valence-corrected chi connectivity index (χ4v) is 2.34. The largest absolute Gasteiger partial charge is 0.348 e. The Labute approximate surface area is 82.3 Å². The highest BCUT2D eigenvalue weighted by molar-refractivity contribution is 9.11. The van der Waals surface area contributed by atoms with Gasteiger partial charge in [0.2, 0.25) is 5.91 Å². The van der Waals surface area contributed by atoms with Gasteiger partial charge in [-0.15, -0.1) is 11.3 Å². The summed E-state index contributed by atoms with van der Waals surface area (Å²) in [6, 6.07) is 0.139. The summed E-state index contributed by atoms with van der Waals surface area (Å²) in [5.41, 5.74) is 0.970. The molecule has 2 rings (SSSR count). The number of hydrogen-bond donors (Lipinski definition) is 1. The molecule has 0 saturated carbocycles. The molecule has 1 aromatic heterocycles. The fourth-order valence-electron chi connectivity index (χ4n) is 1.26. The van der Waals surface area contributed by atoms with E-state index in [2.05, 4.69) is 26.2 Å². The summed E-state index contributed by atoms with van der Waals surface area (Å²) in [6.07, 6.45) is 1.49. The number of hydrogen-bond acceptors (Lipinski definition) is 3. The normalized spacial score (nSPS) is 22.8. The predicted molar refractivity (Wildman–Crippen MR) is 49.9 cm³/mol. The average Bonchev–Trinajstić information content (AvgIpc) is 2.58. The number of carbonyl (C=O) groups excluding carboxylic acids is 1. The van der Waals surface area contributed by atoms with E-state index in [-0.39, 0.29) is 11.9 Å². The van der Waals surface area contributed by atoms with Gasteiger partial charge in [-0.2, -0.15) is 0 Å². The van der Waals surface area contributed by atoms with Crippen molar-refractivity contribution in [3.05, 3.63) is 15.0 Å². The SMILES string of the molecule is O=C1CCC(c2csc(Br)n2)N1. The minimum Gasteiger partial charge on any atom is -0.348 e. The van der Waals surface area contributed by atoms with Gasteiger partial charge in [0, 0.05) is 11.8 Å². The molecule has 5 heteroatoms. The van der Waals surface area contributed by atoms with Crippen LogP contribution in [0.3, 0.4) is 0 Å². The second kappa shape index (κ2) is 3.14. The Morgan fingerprint density at radius 2 is 2.58 bits per heavy atom. The maximum absolute atomic E-state index is 10.9. The van der Waals surface area contributed by atoms with Crippen molar-refractivity contribution in [2.75, 3.05) is 0 Å². The van der Waals surface area contributed by atoms with E-state index < -0.39 is 0 Å². The van der Waals surface area contributed by atoms with Gasteiger partial charge >= 0.3 is 0 Å². The van der Waals surface area contributed by atoms with Crippen molar-refractivity contribution < 1.29 is 4.79 Å². The minimum atomic E-state index is 0.129. The van der Waals surface area contributed by atoms with Crippen LogP contribution in [0, 0.1) is 0 Å². The molecule has 12 heavy (non-hydrogen) atoms. The van der Waals surface area contributed by atoms with E-state index >= 15 is 0 Å². The number of nitrogens with zero attached hydrogens (tertiary/aromatic N) is 1. The van der Waals surface area contributed by atoms with E-state index in [1.54, 1.807) is 11.3 Å². The first-order chi connectivity index (χ1) is 5.75. The molecule has 1 atom stereocenters. The van der Waals surface area contributed by atoms with Gasteiger partial charge in [0.25, 0.3) is 0 Å². The van der Waals surface area contributed by atoms with Gasteiger partial charge in [-0.25, -0.2) is 4.98 Å². The molecule has 1 unspecified atom stereocenters. The van der Waals surface area contributed by atoms with Crippen LogP contribution < -0.4 is 5.32 Å². The van der Waals surface area contributed by atoms with E-state index in [0.29, 0.717) is 6.42 Å². The van der Waals surface area contributed by atoms with Gasteiger partial charge in [0.05, 0.1) is 11.7 Å². The lowest BCUT2D eigenvalue weighted by Crippen LogP contribution is -2.18. The summed E-state index contributed by atoms with van der Waals surface area (Å²) in [4.78, 5) is 15.1. The molecule has 1 aliphatic rings. The molecular weight excluding hydrogens is 240 g/mol. The molecule has 3 nitrogen and oxygen atoms in total. The van der Waals surface area contributed by atoms with Crippen LogP contribution in [0.15, 0.2) is 9.30 Å². The molecule has 1 fully saturated rings. The van der Waals surface area contributed by atoms with Gasteiger partial charge in [-0.1, -0.05) is 0 Å². The molecule has 0 aromatic carbocycles. The van der Waals surface area contributed by atoms with Gasteiger partial charge in [0.1, 0.15) is 0 Å². The molecule has 0 bridgehead atoms. The minimum absolute atomic E-state index is 0.129. The second-order valence-electron chi connectivity index (χ2n) is 2.68. The lowest BCUT2D eigenvalue weighted by molar-refractivity contribution is -0.119. The predicted octanol–water partition coefficient (Wildman–Crippen LogP) is 1.86. The summed E-state index contributed by atoms with van der Waals surface area (Å²) in [6.45, 7) is 0. The van der Waals surface area contributed by atoms with Crippen LogP contribution in [0.1, 0.15) is 24.6 Å². The first-order valence-corrected chi connectivity index (χ1v) is 5.33. The van der Waals surface area contributed by atoms with Crippen LogP contribution in [0.5, 0.6) is 0 Å². The molecule has 1 saturated heterocycles. The third-order valence-corrected chi connectivity index (χ3v) is 3.23. The zero-order chi connectivity index (χ0) is 8.55. The molecule has 1 N–H and O–H groups in total. The molecule has 2 heterocycles. The number of thiazole rings is 1. The Kier molecular flexibility index (Phi) is 2.14. The van der Waals surface area contributed by atoms with Gasteiger partial charge < -0.3 is 5.32 Å². The van der Waals surface area contributed by atoms with Crippen molar-refractivity contribution in [2.45, 2.75) is 18.9 Å². The third kappa shape index (κ3) is 1.51. The lowest BCUT2D eigenvalue weighted by Gasteiger charge is -2.04. The monoisotopic (exact) mass is 246 g/mol. The molecule has 1 aliphatic heterocycles. The molecule has 64 valence electrons. The number of halogens is 1. The van der Waals surface area contributed by atoms with Crippen LogP contribution in [0.25, 0.3) is 0 Å². The van der Waals surface area contributed by atoms with E-state index in [9.17, 15) is 4.79 Å². The van der Waals surface area contributed by atoms with Crippen molar-refractivity contribution in [3.8, 4) is 0 Å². The van der Waals surface area contributed by atoms with Crippen molar-refractivity contribution in [2.24, 2.45) is 0 Å². The van der Waals surface area contributed by atoms with E-state index in [0.717, 1.165) is 16.0 Å². The molecule has 0 spiro atoms. The quantitative estimate of drug-likeness (QED) is 0.822. The molecule has 0 radical (unpaired) electrons. The number of rotatable bonds is 1. The Morgan fingerprint density at radius 3 is 3.08 bits per heavy atom. The van der Waals surface area contributed by atoms with Crippen LogP contribution in [0.4, 0.5) is 0 Å². The molecule has 1 amide bonds. The average molecular weight is 247 g/mol. The van der Waals surface area contributed by atoms with Gasteiger partial charge in [-0.05, 0) is 22.4 Å². The topological polar surface area (TPSA) is 42.0 Å². The van der Waals surface area contributed by atoms with Crippen LogP contribution in [-0.2, 0) is 4.79 Å². The van der Waals surface area contributed by atoms with E-state index in [1.165, 1.54) is 0 Å². The van der Waals surface area contributed by atoms with E-state index in [1.807, 2.05) is 5.38 Å². The first-order valence-electron chi connectivity index (χ1n) is 3.66. The van der Waals surface area contributed by atoms with Gasteiger partial charge in [0.15, 0.2) is 3.92 Å². The van der Waals surface area contributed by atoms with Crippen molar-refractivity contribution >= 4 is 33.2 Å². The smallest absolute Gasteiger partial charge is 0.220 e. The summed E-state index contributed by atoms with van der Waals surface area (Å²) >= 11 is 4.84. The highest BCUT2D eigenvalue weighted by Crippen LogP contribution is 2.26. The Morgan fingerprint density at radius 1 is 1.75 bits per heavy atom.